The normalized spacial score (nSPS) is 15.8. The highest BCUT2D eigenvalue weighted by molar-refractivity contribution is 7.99. The van der Waals surface area contributed by atoms with Crippen molar-refractivity contribution in [1.29, 1.82) is 0 Å². The molecule has 4 nitrogen and oxygen atoms in total. The van der Waals surface area contributed by atoms with Crippen LogP contribution < -0.4 is 10.1 Å². The first-order valence-corrected chi connectivity index (χ1v) is 11.7. The van der Waals surface area contributed by atoms with Crippen LogP contribution in [-0.2, 0) is 6.61 Å². The van der Waals surface area contributed by atoms with Crippen LogP contribution in [0.5, 0.6) is 5.75 Å². The van der Waals surface area contributed by atoms with Crippen molar-refractivity contribution < 1.29 is 9.53 Å². The lowest BCUT2D eigenvalue weighted by Gasteiger charge is -2.26. The summed E-state index contributed by atoms with van der Waals surface area (Å²) >= 11 is 1.77. The SMILES string of the molecule is CC(C)c1ccc(NC(=O)N2CCSC2c2ccccc2OCc2ccccc2)cc1. The highest BCUT2D eigenvalue weighted by atomic mass is 32.2. The summed E-state index contributed by atoms with van der Waals surface area (Å²) in [6.07, 6.45) is 0. The summed E-state index contributed by atoms with van der Waals surface area (Å²) in [4.78, 5) is 15.0. The molecule has 1 N–H and O–H groups in total. The van der Waals surface area contributed by atoms with Gasteiger partial charge in [0.2, 0.25) is 0 Å². The molecule has 0 aliphatic carbocycles. The summed E-state index contributed by atoms with van der Waals surface area (Å²) in [5.41, 5.74) is 4.23. The Hall–Kier alpha value is -2.92. The minimum Gasteiger partial charge on any atom is -0.489 e. The highest BCUT2D eigenvalue weighted by Gasteiger charge is 2.32. The molecule has 0 aromatic heterocycles. The van der Waals surface area contributed by atoms with E-state index in [0.29, 0.717) is 19.1 Å². The minimum absolute atomic E-state index is 0.0677. The topological polar surface area (TPSA) is 41.6 Å². The van der Waals surface area contributed by atoms with Gasteiger partial charge < -0.3 is 15.0 Å². The van der Waals surface area contributed by atoms with E-state index >= 15 is 0 Å². The standard InChI is InChI=1S/C26H28N2O2S/c1-19(2)21-12-14-22(15-13-21)27-26(29)28-16-17-31-25(28)23-10-6-7-11-24(23)30-18-20-8-4-3-5-9-20/h3-15,19,25H,16-18H2,1-2H3,(H,27,29). The molecule has 5 heteroatoms. The van der Waals surface area contributed by atoms with E-state index in [0.717, 1.165) is 28.3 Å². The van der Waals surface area contributed by atoms with Crippen molar-refractivity contribution in [3.63, 3.8) is 0 Å². The molecule has 0 bridgehead atoms. The van der Waals surface area contributed by atoms with Gasteiger partial charge in [0.1, 0.15) is 17.7 Å². The predicted octanol–water partition coefficient (Wildman–Crippen LogP) is 6.67. The van der Waals surface area contributed by atoms with Crippen LogP contribution in [0, 0.1) is 0 Å². The van der Waals surface area contributed by atoms with Gasteiger partial charge in [-0.3, -0.25) is 0 Å². The maximum absolute atomic E-state index is 13.1. The monoisotopic (exact) mass is 432 g/mol. The number of nitrogens with zero attached hydrogens (tertiary/aromatic N) is 1. The molecule has 2 amide bonds. The molecule has 31 heavy (non-hydrogen) atoms. The molecule has 0 spiro atoms. The minimum atomic E-state index is -0.0786. The molecular formula is C26H28N2O2S. The van der Waals surface area contributed by atoms with Crippen LogP contribution in [-0.4, -0.2) is 23.2 Å². The first kappa shape index (κ1) is 21.3. The average Bonchev–Trinajstić information content (AvgIpc) is 3.29. The van der Waals surface area contributed by atoms with Crippen LogP contribution in [0.2, 0.25) is 0 Å². The molecule has 0 saturated carbocycles. The fraction of sp³-hybridized carbons (Fsp3) is 0.269. The Balaban J connectivity index is 1.47. The number of hydrogen-bond acceptors (Lipinski definition) is 3. The van der Waals surface area contributed by atoms with Crippen molar-refractivity contribution in [1.82, 2.24) is 4.90 Å². The number of benzene rings is 3. The maximum Gasteiger partial charge on any atom is 0.323 e. The zero-order chi connectivity index (χ0) is 21.6. The van der Waals surface area contributed by atoms with Gasteiger partial charge in [0, 0.05) is 23.5 Å². The maximum atomic E-state index is 13.1. The number of thioether (sulfide) groups is 1. The molecule has 1 saturated heterocycles. The van der Waals surface area contributed by atoms with Crippen LogP contribution in [0.3, 0.4) is 0 Å². The van der Waals surface area contributed by atoms with E-state index in [1.165, 1.54) is 5.56 Å². The number of nitrogens with one attached hydrogen (secondary N) is 1. The van der Waals surface area contributed by atoms with E-state index in [1.54, 1.807) is 11.8 Å². The first-order chi connectivity index (χ1) is 15.1. The molecular weight excluding hydrogens is 404 g/mol. The van der Waals surface area contributed by atoms with Crippen molar-refractivity contribution in [2.45, 2.75) is 31.7 Å². The van der Waals surface area contributed by atoms with E-state index in [1.807, 2.05) is 53.4 Å². The molecule has 1 heterocycles. The van der Waals surface area contributed by atoms with Crippen molar-refractivity contribution in [2.24, 2.45) is 0 Å². The molecule has 1 unspecified atom stereocenters. The molecule has 0 radical (unpaired) electrons. The van der Waals surface area contributed by atoms with Gasteiger partial charge in [-0.05, 0) is 35.2 Å². The van der Waals surface area contributed by atoms with Crippen LogP contribution in [0.15, 0.2) is 78.9 Å². The Bertz CT molecular complexity index is 1010. The highest BCUT2D eigenvalue weighted by Crippen LogP contribution is 2.42. The van der Waals surface area contributed by atoms with E-state index in [-0.39, 0.29) is 11.4 Å². The Morgan fingerprint density at radius 3 is 2.48 bits per heavy atom. The van der Waals surface area contributed by atoms with Crippen LogP contribution in [0.25, 0.3) is 0 Å². The Morgan fingerprint density at radius 1 is 1.03 bits per heavy atom. The number of urea groups is 1. The second-order valence-electron chi connectivity index (χ2n) is 7.94. The van der Waals surface area contributed by atoms with Gasteiger partial charge in [-0.1, -0.05) is 74.5 Å². The first-order valence-electron chi connectivity index (χ1n) is 10.7. The summed E-state index contributed by atoms with van der Waals surface area (Å²) in [6, 6.07) is 26.2. The van der Waals surface area contributed by atoms with Crippen molar-refractivity contribution in [3.05, 3.63) is 95.6 Å². The zero-order valence-electron chi connectivity index (χ0n) is 18.0. The molecule has 1 aliphatic rings. The van der Waals surface area contributed by atoms with Gasteiger partial charge >= 0.3 is 6.03 Å². The fourth-order valence-corrected chi connectivity index (χ4v) is 4.91. The molecule has 3 aromatic rings. The van der Waals surface area contributed by atoms with Crippen LogP contribution >= 0.6 is 11.8 Å². The van der Waals surface area contributed by atoms with Gasteiger partial charge in [0.25, 0.3) is 0 Å². The summed E-state index contributed by atoms with van der Waals surface area (Å²) in [5, 5.41) is 2.99. The third-order valence-corrected chi connectivity index (χ3v) is 6.65. The number of rotatable bonds is 6. The van der Waals surface area contributed by atoms with Crippen molar-refractivity contribution in [2.75, 3.05) is 17.6 Å². The molecule has 1 aliphatic heterocycles. The Kier molecular flexibility index (Phi) is 6.82. The smallest absolute Gasteiger partial charge is 0.323 e. The number of anilines is 1. The molecule has 1 atom stereocenters. The van der Waals surface area contributed by atoms with E-state index < -0.39 is 0 Å². The number of para-hydroxylation sites is 1. The summed E-state index contributed by atoms with van der Waals surface area (Å²) in [5.74, 6) is 2.19. The van der Waals surface area contributed by atoms with Crippen LogP contribution in [0.1, 0.15) is 41.8 Å². The van der Waals surface area contributed by atoms with E-state index in [2.05, 4.69) is 49.5 Å². The largest absolute Gasteiger partial charge is 0.489 e. The molecule has 3 aromatic carbocycles. The zero-order valence-corrected chi connectivity index (χ0v) is 18.8. The predicted molar refractivity (Wildman–Crippen MR) is 129 cm³/mol. The lowest BCUT2D eigenvalue weighted by molar-refractivity contribution is 0.213. The number of ether oxygens (including phenoxy) is 1. The third-order valence-electron chi connectivity index (χ3n) is 5.40. The number of carbonyl (C=O) groups excluding carboxylic acids is 1. The third kappa shape index (κ3) is 5.23. The number of hydrogen-bond donors (Lipinski definition) is 1. The van der Waals surface area contributed by atoms with Crippen LogP contribution in [0.4, 0.5) is 10.5 Å². The van der Waals surface area contributed by atoms with Gasteiger partial charge in [-0.2, -0.15) is 0 Å². The van der Waals surface area contributed by atoms with Gasteiger partial charge in [0.05, 0.1) is 0 Å². The van der Waals surface area contributed by atoms with E-state index in [9.17, 15) is 4.79 Å². The van der Waals surface area contributed by atoms with Gasteiger partial charge in [-0.25, -0.2) is 4.79 Å². The van der Waals surface area contributed by atoms with Crippen molar-refractivity contribution in [3.8, 4) is 5.75 Å². The lowest BCUT2D eigenvalue weighted by Crippen LogP contribution is -2.34. The summed E-state index contributed by atoms with van der Waals surface area (Å²) in [6.45, 7) is 5.54. The second kappa shape index (κ2) is 9.92. The lowest BCUT2D eigenvalue weighted by atomic mass is 10.0. The summed E-state index contributed by atoms with van der Waals surface area (Å²) in [7, 11) is 0. The molecule has 160 valence electrons. The summed E-state index contributed by atoms with van der Waals surface area (Å²) < 4.78 is 6.15. The molecule has 1 fully saturated rings. The number of amides is 2. The van der Waals surface area contributed by atoms with Gasteiger partial charge in [0.15, 0.2) is 0 Å². The van der Waals surface area contributed by atoms with Gasteiger partial charge in [-0.15, -0.1) is 11.8 Å². The average molecular weight is 433 g/mol. The van der Waals surface area contributed by atoms with Crippen molar-refractivity contribution >= 4 is 23.5 Å². The molecule has 4 rings (SSSR count). The second-order valence-corrected chi connectivity index (χ2v) is 9.12. The quantitative estimate of drug-likeness (QED) is 0.473. The Labute approximate surface area is 188 Å². The van der Waals surface area contributed by atoms with E-state index in [4.69, 9.17) is 4.74 Å². The number of carbonyl (C=O) groups is 1. The Morgan fingerprint density at radius 2 is 1.74 bits per heavy atom. The fourth-order valence-electron chi connectivity index (χ4n) is 3.63.